The van der Waals surface area contributed by atoms with Gasteiger partial charge in [0.2, 0.25) is 0 Å². The lowest BCUT2D eigenvalue weighted by Crippen LogP contribution is -2.26. The molecule has 0 atom stereocenters. The van der Waals surface area contributed by atoms with E-state index in [9.17, 15) is 0 Å². The lowest BCUT2D eigenvalue weighted by molar-refractivity contribution is 0.328. The zero-order chi connectivity index (χ0) is 22.0. The Kier molecular flexibility index (Phi) is 6.15. The molecule has 0 unspecified atom stereocenters. The Morgan fingerprint density at radius 1 is 1.10 bits per heavy atom. The van der Waals surface area contributed by atoms with Crippen molar-refractivity contribution in [2.24, 2.45) is 7.05 Å². The van der Waals surface area contributed by atoms with Gasteiger partial charge in [-0.15, -0.1) is 0 Å². The highest BCUT2D eigenvalue weighted by Crippen LogP contribution is 2.33. The molecule has 7 nitrogen and oxygen atoms in total. The summed E-state index contributed by atoms with van der Waals surface area (Å²) >= 11 is 0. The third-order valence-corrected chi connectivity index (χ3v) is 5.49. The Hall–Kier alpha value is -3.03. The van der Waals surface area contributed by atoms with Gasteiger partial charge in [-0.25, -0.2) is 9.67 Å². The number of likely N-dealkylation sites (N-methyl/N-ethyl adjacent to an activating group) is 2. The molecule has 162 valence electrons. The minimum Gasteiger partial charge on any atom is -0.318 e. The molecule has 4 rings (SSSR count). The Bertz CT molecular complexity index is 1170. The van der Waals surface area contributed by atoms with Crippen LogP contribution in [-0.2, 0) is 13.6 Å². The predicted molar refractivity (Wildman–Crippen MR) is 126 cm³/mol. The third kappa shape index (κ3) is 4.52. The van der Waals surface area contributed by atoms with Crippen LogP contribution in [0.2, 0.25) is 0 Å². The van der Waals surface area contributed by atoms with Crippen LogP contribution < -0.4 is 5.32 Å². The normalized spacial score (nSPS) is 11.8. The molecule has 31 heavy (non-hydrogen) atoms. The summed E-state index contributed by atoms with van der Waals surface area (Å²) in [5.41, 5.74) is 6.43. The number of rotatable bonds is 8. The molecule has 3 aromatic heterocycles. The Balaban J connectivity index is 1.79. The number of benzene rings is 1. The van der Waals surface area contributed by atoms with E-state index in [1.165, 1.54) is 5.56 Å². The van der Waals surface area contributed by atoms with E-state index in [1.54, 1.807) is 0 Å². The number of hydrogen-bond acceptors (Lipinski definition) is 5. The number of aryl methyl sites for hydroxylation is 1. The van der Waals surface area contributed by atoms with E-state index in [-0.39, 0.29) is 6.04 Å². The first kappa shape index (κ1) is 21.2. The lowest BCUT2D eigenvalue weighted by atomic mass is 10.0. The second kappa shape index (κ2) is 8.99. The minimum atomic E-state index is 0.231. The van der Waals surface area contributed by atoms with Crippen LogP contribution in [0.5, 0.6) is 0 Å². The van der Waals surface area contributed by atoms with E-state index >= 15 is 0 Å². The van der Waals surface area contributed by atoms with Crippen LogP contribution >= 0.6 is 0 Å². The van der Waals surface area contributed by atoms with Gasteiger partial charge < -0.3 is 10.2 Å². The van der Waals surface area contributed by atoms with Crippen molar-refractivity contribution in [2.45, 2.75) is 26.4 Å². The topological polar surface area (TPSA) is 63.8 Å². The van der Waals surface area contributed by atoms with Crippen molar-refractivity contribution in [2.75, 3.05) is 27.2 Å². The van der Waals surface area contributed by atoms with Crippen LogP contribution in [0.1, 0.15) is 25.5 Å². The Labute approximate surface area is 183 Å². The van der Waals surface area contributed by atoms with E-state index in [1.807, 2.05) is 42.0 Å². The number of fused-ring (bicyclic) bond motifs is 1. The van der Waals surface area contributed by atoms with Gasteiger partial charge in [-0.05, 0) is 51.2 Å². The molecular weight excluding hydrogens is 386 g/mol. The molecule has 0 aliphatic rings. The summed E-state index contributed by atoms with van der Waals surface area (Å²) in [7, 11) is 6.07. The van der Waals surface area contributed by atoms with Crippen LogP contribution in [0, 0.1) is 0 Å². The summed E-state index contributed by atoms with van der Waals surface area (Å²) in [4.78, 5) is 7.36. The fraction of sp³-hybridized carbons (Fsp3) is 0.375. The molecule has 0 saturated heterocycles. The van der Waals surface area contributed by atoms with Gasteiger partial charge in [0.1, 0.15) is 0 Å². The van der Waals surface area contributed by atoms with Crippen molar-refractivity contribution >= 4 is 11.0 Å². The van der Waals surface area contributed by atoms with E-state index < -0.39 is 0 Å². The maximum absolute atomic E-state index is 5.04. The van der Waals surface area contributed by atoms with Gasteiger partial charge in [0.25, 0.3) is 0 Å². The summed E-state index contributed by atoms with van der Waals surface area (Å²) < 4.78 is 3.82. The van der Waals surface area contributed by atoms with Crippen molar-refractivity contribution in [1.82, 2.24) is 34.8 Å². The maximum Gasteiger partial charge on any atom is 0.159 e. The van der Waals surface area contributed by atoms with Crippen molar-refractivity contribution in [3.05, 3.63) is 54.5 Å². The van der Waals surface area contributed by atoms with E-state index in [4.69, 9.17) is 4.98 Å². The van der Waals surface area contributed by atoms with Gasteiger partial charge >= 0.3 is 0 Å². The molecule has 0 aliphatic carbocycles. The highest BCUT2D eigenvalue weighted by atomic mass is 15.3. The highest BCUT2D eigenvalue weighted by molar-refractivity contribution is 5.94. The first-order valence-corrected chi connectivity index (χ1v) is 10.8. The SMILES string of the molecule is CNCCN(C)Cc1cccc(-c2cc(-c3cnn(C)c3)c3cnn(C(C)C)c3n2)c1. The molecule has 0 radical (unpaired) electrons. The molecular formula is C24H31N7. The standard InChI is InChI=1S/C24H31N7/c1-17(2)31-24-22(14-27-31)21(20-13-26-30(5)16-20)12-23(28-24)19-8-6-7-18(11-19)15-29(4)10-9-25-3/h6-8,11-14,16-17,25H,9-10,15H2,1-5H3. The molecule has 1 N–H and O–H groups in total. The lowest BCUT2D eigenvalue weighted by Gasteiger charge is -2.17. The molecule has 0 spiro atoms. The van der Waals surface area contributed by atoms with Gasteiger partial charge in [-0.1, -0.05) is 18.2 Å². The van der Waals surface area contributed by atoms with Crippen LogP contribution in [0.3, 0.4) is 0 Å². The molecule has 0 fully saturated rings. The summed E-state index contributed by atoms with van der Waals surface area (Å²) in [6.45, 7) is 7.14. The molecule has 4 aromatic rings. The monoisotopic (exact) mass is 417 g/mol. The van der Waals surface area contributed by atoms with Gasteiger partial charge in [0, 0.05) is 55.4 Å². The van der Waals surface area contributed by atoms with E-state index in [0.29, 0.717) is 0 Å². The molecule has 3 heterocycles. The zero-order valence-corrected chi connectivity index (χ0v) is 19.0. The molecule has 0 saturated carbocycles. The molecule has 0 amide bonds. The summed E-state index contributed by atoms with van der Waals surface area (Å²) in [5.74, 6) is 0. The van der Waals surface area contributed by atoms with Crippen LogP contribution in [0.25, 0.3) is 33.4 Å². The smallest absolute Gasteiger partial charge is 0.159 e. The molecule has 1 aromatic carbocycles. The van der Waals surface area contributed by atoms with Gasteiger partial charge in [0.15, 0.2) is 5.65 Å². The second-order valence-electron chi connectivity index (χ2n) is 8.42. The first-order valence-electron chi connectivity index (χ1n) is 10.8. The second-order valence-corrected chi connectivity index (χ2v) is 8.42. The fourth-order valence-corrected chi connectivity index (χ4v) is 3.87. The average Bonchev–Trinajstić information content (AvgIpc) is 3.38. The summed E-state index contributed by atoms with van der Waals surface area (Å²) in [6, 6.07) is 11.1. The zero-order valence-electron chi connectivity index (χ0n) is 19.0. The largest absolute Gasteiger partial charge is 0.318 e. The van der Waals surface area contributed by atoms with Gasteiger partial charge in [-0.3, -0.25) is 4.68 Å². The minimum absolute atomic E-state index is 0.231. The van der Waals surface area contributed by atoms with E-state index in [2.05, 4.69) is 71.6 Å². The van der Waals surface area contributed by atoms with Crippen molar-refractivity contribution in [3.8, 4) is 22.4 Å². The fourth-order valence-electron chi connectivity index (χ4n) is 3.87. The Morgan fingerprint density at radius 2 is 1.94 bits per heavy atom. The molecule has 0 aliphatic heterocycles. The Morgan fingerprint density at radius 3 is 2.65 bits per heavy atom. The van der Waals surface area contributed by atoms with Crippen LogP contribution in [0.15, 0.2) is 48.9 Å². The number of nitrogens with one attached hydrogen (secondary N) is 1. The van der Waals surface area contributed by atoms with Crippen molar-refractivity contribution in [1.29, 1.82) is 0 Å². The summed E-state index contributed by atoms with van der Waals surface area (Å²) in [5, 5.41) is 13.3. The first-order chi connectivity index (χ1) is 15.0. The number of hydrogen-bond donors (Lipinski definition) is 1. The average molecular weight is 418 g/mol. The number of aromatic nitrogens is 5. The van der Waals surface area contributed by atoms with Crippen molar-refractivity contribution in [3.63, 3.8) is 0 Å². The summed E-state index contributed by atoms with van der Waals surface area (Å²) in [6.07, 6.45) is 5.86. The van der Waals surface area contributed by atoms with Crippen molar-refractivity contribution < 1.29 is 0 Å². The van der Waals surface area contributed by atoms with Gasteiger partial charge in [-0.2, -0.15) is 10.2 Å². The molecule has 0 bridgehead atoms. The quantitative estimate of drug-likeness (QED) is 0.473. The predicted octanol–water partition coefficient (Wildman–Crippen LogP) is 3.73. The highest BCUT2D eigenvalue weighted by Gasteiger charge is 2.16. The van der Waals surface area contributed by atoms with Gasteiger partial charge in [0.05, 0.1) is 18.1 Å². The third-order valence-electron chi connectivity index (χ3n) is 5.49. The van der Waals surface area contributed by atoms with Crippen LogP contribution in [0.4, 0.5) is 0 Å². The number of nitrogens with zero attached hydrogens (tertiary/aromatic N) is 6. The maximum atomic E-state index is 5.04. The number of pyridine rings is 1. The van der Waals surface area contributed by atoms with Crippen LogP contribution in [-0.4, -0.2) is 56.6 Å². The molecule has 7 heteroatoms. The van der Waals surface area contributed by atoms with E-state index in [0.717, 1.165) is 53.1 Å².